The molecule has 5 nitrogen and oxygen atoms in total. The Hall–Kier alpha value is -1.62. The first-order chi connectivity index (χ1) is 8.25. The van der Waals surface area contributed by atoms with Crippen molar-refractivity contribution in [2.24, 2.45) is 0 Å². The molecule has 3 heterocycles. The molecule has 2 N–H and O–H groups in total. The Labute approximate surface area is 100 Å². The SMILES string of the molecule is CN1CCCC(n2c(N)nc3cnccc32)C1. The summed E-state index contributed by atoms with van der Waals surface area (Å²) < 4.78 is 2.16. The van der Waals surface area contributed by atoms with E-state index >= 15 is 0 Å². The summed E-state index contributed by atoms with van der Waals surface area (Å²) >= 11 is 0. The van der Waals surface area contributed by atoms with Gasteiger partial charge < -0.3 is 15.2 Å². The van der Waals surface area contributed by atoms with Crippen LogP contribution in [0, 0.1) is 0 Å². The largest absolute Gasteiger partial charge is 0.369 e. The van der Waals surface area contributed by atoms with Gasteiger partial charge in [0.1, 0.15) is 5.52 Å². The van der Waals surface area contributed by atoms with Gasteiger partial charge in [-0.1, -0.05) is 0 Å². The minimum atomic E-state index is 0.432. The summed E-state index contributed by atoms with van der Waals surface area (Å²) in [7, 11) is 2.16. The quantitative estimate of drug-likeness (QED) is 0.803. The zero-order chi connectivity index (χ0) is 11.8. The van der Waals surface area contributed by atoms with E-state index in [1.165, 1.54) is 19.4 Å². The molecule has 1 atom stereocenters. The number of likely N-dealkylation sites (N-methyl/N-ethyl adjacent to an activating group) is 1. The maximum Gasteiger partial charge on any atom is 0.201 e. The third kappa shape index (κ3) is 1.76. The molecule has 90 valence electrons. The van der Waals surface area contributed by atoms with Crippen LogP contribution in [0.5, 0.6) is 0 Å². The Kier molecular flexibility index (Phi) is 2.48. The van der Waals surface area contributed by atoms with E-state index in [9.17, 15) is 0 Å². The van der Waals surface area contributed by atoms with Crippen LogP contribution in [0.3, 0.4) is 0 Å². The van der Waals surface area contributed by atoms with Gasteiger partial charge in [-0.2, -0.15) is 0 Å². The summed E-state index contributed by atoms with van der Waals surface area (Å²) in [5.41, 5.74) is 8.02. The number of aromatic nitrogens is 3. The van der Waals surface area contributed by atoms with Crippen molar-refractivity contribution in [3.63, 3.8) is 0 Å². The molecule has 5 heteroatoms. The predicted octanol–water partition coefficient (Wildman–Crippen LogP) is 1.28. The molecule has 0 radical (unpaired) electrons. The fraction of sp³-hybridized carbons (Fsp3) is 0.500. The molecule has 3 rings (SSSR count). The lowest BCUT2D eigenvalue weighted by atomic mass is 10.1. The second kappa shape index (κ2) is 4.00. The van der Waals surface area contributed by atoms with Crippen LogP contribution in [0.1, 0.15) is 18.9 Å². The van der Waals surface area contributed by atoms with Gasteiger partial charge in [-0.25, -0.2) is 4.98 Å². The number of likely N-dealkylation sites (tertiary alicyclic amines) is 1. The topological polar surface area (TPSA) is 60.0 Å². The summed E-state index contributed by atoms with van der Waals surface area (Å²) in [5, 5.41) is 0. The number of imidazole rings is 1. The summed E-state index contributed by atoms with van der Waals surface area (Å²) in [5.74, 6) is 0.605. The van der Waals surface area contributed by atoms with Crippen LogP contribution in [0.25, 0.3) is 11.0 Å². The number of anilines is 1. The van der Waals surface area contributed by atoms with Crippen molar-refractivity contribution in [1.29, 1.82) is 0 Å². The first-order valence-corrected chi connectivity index (χ1v) is 6.01. The highest BCUT2D eigenvalue weighted by molar-refractivity contribution is 5.77. The first-order valence-electron chi connectivity index (χ1n) is 6.01. The van der Waals surface area contributed by atoms with Gasteiger partial charge >= 0.3 is 0 Å². The average Bonchev–Trinajstić information content (AvgIpc) is 2.64. The van der Waals surface area contributed by atoms with Crippen LogP contribution < -0.4 is 5.73 Å². The Morgan fingerprint density at radius 2 is 2.35 bits per heavy atom. The van der Waals surface area contributed by atoms with Crippen LogP contribution >= 0.6 is 0 Å². The van der Waals surface area contributed by atoms with Crippen LogP contribution in [0.2, 0.25) is 0 Å². The molecular weight excluding hydrogens is 214 g/mol. The molecule has 17 heavy (non-hydrogen) atoms. The lowest BCUT2D eigenvalue weighted by Crippen LogP contribution is -2.33. The number of hydrogen-bond acceptors (Lipinski definition) is 4. The van der Waals surface area contributed by atoms with E-state index < -0.39 is 0 Å². The van der Waals surface area contributed by atoms with Gasteiger partial charge in [-0.15, -0.1) is 0 Å². The minimum absolute atomic E-state index is 0.432. The second-order valence-electron chi connectivity index (χ2n) is 4.76. The highest BCUT2D eigenvalue weighted by atomic mass is 15.2. The molecule has 1 unspecified atom stereocenters. The molecule has 0 aliphatic carbocycles. The van der Waals surface area contributed by atoms with E-state index in [2.05, 4.69) is 26.5 Å². The van der Waals surface area contributed by atoms with Gasteiger partial charge in [-0.3, -0.25) is 4.98 Å². The molecule has 0 aromatic carbocycles. The van der Waals surface area contributed by atoms with E-state index in [1.54, 1.807) is 12.4 Å². The van der Waals surface area contributed by atoms with Crippen molar-refractivity contribution < 1.29 is 0 Å². The molecule has 2 aromatic heterocycles. The van der Waals surface area contributed by atoms with Gasteiger partial charge in [0.25, 0.3) is 0 Å². The maximum absolute atomic E-state index is 6.04. The molecule has 1 fully saturated rings. The first kappa shape index (κ1) is 10.5. The van der Waals surface area contributed by atoms with Gasteiger partial charge in [0.2, 0.25) is 5.95 Å². The Morgan fingerprint density at radius 3 is 3.18 bits per heavy atom. The second-order valence-corrected chi connectivity index (χ2v) is 4.76. The van der Waals surface area contributed by atoms with Crippen molar-refractivity contribution in [3.8, 4) is 0 Å². The standard InChI is InChI=1S/C12H17N5/c1-16-6-2-3-9(8-16)17-11-4-5-14-7-10(11)15-12(17)13/h4-5,7,9H,2-3,6,8H2,1H3,(H2,13,15). The lowest BCUT2D eigenvalue weighted by Gasteiger charge is -2.31. The number of hydrogen-bond donors (Lipinski definition) is 1. The summed E-state index contributed by atoms with van der Waals surface area (Å²) in [6.07, 6.45) is 5.95. The fourth-order valence-electron chi connectivity index (χ4n) is 2.70. The Bertz CT molecular complexity index is 533. The van der Waals surface area contributed by atoms with Crippen molar-refractivity contribution in [2.75, 3.05) is 25.9 Å². The maximum atomic E-state index is 6.04. The number of rotatable bonds is 1. The molecular formula is C12H17N5. The summed E-state index contributed by atoms with van der Waals surface area (Å²) in [6.45, 7) is 2.21. The zero-order valence-electron chi connectivity index (χ0n) is 10.0. The molecule has 1 saturated heterocycles. The molecule has 1 aliphatic rings. The molecule has 0 bridgehead atoms. The van der Waals surface area contributed by atoms with Crippen LogP contribution in [-0.2, 0) is 0 Å². The van der Waals surface area contributed by atoms with Crippen molar-refractivity contribution in [3.05, 3.63) is 18.5 Å². The van der Waals surface area contributed by atoms with E-state index in [0.717, 1.165) is 17.6 Å². The monoisotopic (exact) mass is 231 g/mol. The number of piperidine rings is 1. The number of pyridine rings is 1. The number of nitrogen functional groups attached to an aromatic ring is 1. The third-order valence-electron chi connectivity index (χ3n) is 3.48. The van der Waals surface area contributed by atoms with E-state index in [4.69, 9.17) is 5.73 Å². The zero-order valence-corrected chi connectivity index (χ0v) is 10.0. The van der Waals surface area contributed by atoms with E-state index in [1.807, 2.05) is 6.07 Å². The molecule has 2 aromatic rings. The minimum Gasteiger partial charge on any atom is -0.369 e. The van der Waals surface area contributed by atoms with Gasteiger partial charge in [-0.05, 0) is 32.5 Å². The summed E-state index contributed by atoms with van der Waals surface area (Å²) in [4.78, 5) is 10.8. The molecule has 0 saturated carbocycles. The van der Waals surface area contributed by atoms with Crippen molar-refractivity contribution in [1.82, 2.24) is 19.4 Å². The van der Waals surface area contributed by atoms with Crippen molar-refractivity contribution >= 4 is 17.0 Å². The number of fused-ring (bicyclic) bond motifs is 1. The van der Waals surface area contributed by atoms with E-state index in [0.29, 0.717) is 12.0 Å². The van der Waals surface area contributed by atoms with Crippen LogP contribution in [-0.4, -0.2) is 39.6 Å². The number of nitrogens with two attached hydrogens (primary N) is 1. The van der Waals surface area contributed by atoms with Gasteiger partial charge in [0.05, 0.1) is 11.7 Å². The smallest absolute Gasteiger partial charge is 0.201 e. The summed E-state index contributed by atoms with van der Waals surface area (Å²) in [6, 6.07) is 2.42. The Morgan fingerprint density at radius 1 is 1.47 bits per heavy atom. The highest BCUT2D eigenvalue weighted by Gasteiger charge is 2.22. The molecule has 0 amide bonds. The number of nitrogens with zero attached hydrogens (tertiary/aromatic N) is 4. The normalized spacial score (nSPS) is 22.1. The molecule has 0 spiro atoms. The van der Waals surface area contributed by atoms with E-state index in [-0.39, 0.29) is 0 Å². The average molecular weight is 231 g/mol. The highest BCUT2D eigenvalue weighted by Crippen LogP contribution is 2.27. The lowest BCUT2D eigenvalue weighted by molar-refractivity contribution is 0.216. The molecule has 1 aliphatic heterocycles. The fourth-order valence-corrected chi connectivity index (χ4v) is 2.70. The van der Waals surface area contributed by atoms with Crippen LogP contribution in [0.15, 0.2) is 18.5 Å². The third-order valence-corrected chi connectivity index (χ3v) is 3.48. The van der Waals surface area contributed by atoms with Gasteiger partial charge in [0, 0.05) is 18.8 Å². The Balaban J connectivity index is 2.06. The van der Waals surface area contributed by atoms with Crippen LogP contribution in [0.4, 0.5) is 5.95 Å². The predicted molar refractivity (Wildman–Crippen MR) is 67.7 cm³/mol. The van der Waals surface area contributed by atoms with Gasteiger partial charge in [0.15, 0.2) is 0 Å². The van der Waals surface area contributed by atoms with Crippen molar-refractivity contribution in [2.45, 2.75) is 18.9 Å².